The molecule has 29 heavy (non-hydrogen) atoms. The third kappa shape index (κ3) is 4.81. The Morgan fingerprint density at radius 1 is 1.10 bits per heavy atom. The van der Waals surface area contributed by atoms with Crippen LogP contribution in [0.4, 0.5) is 4.39 Å². The monoisotopic (exact) mass is 395 g/mol. The van der Waals surface area contributed by atoms with Crippen molar-refractivity contribution in [3.63, 3.8) is 0 Å². The van der Waals surface area contributed by atoms with E-state index < -0.39 is 0 Å². The van der Waals surface area contributed by atoms with Crippen LogP contribution in [0, 0.1) is 5.82 Å². The summed E-state index contributed by atoms with van der Waals surface area (Å²) in [5.41, 5.74) is 2.47. The maximum absolute atomic E-state index is 13.1. The number of fused-ring (bicyclic) bond motifs is 1. The molecule has 0 aliphatic carbocycles. The number of benzene rings is 2. The molecule has 1 N–H and O–H groups in total. The van der Waals surface area contributed by atoms with Gasteiger partial charge in [-0.05, 0) is 36.9 Å². The van der Waals surface area contributed by atoms with Gasteiger partial charge in [0.2, 0.25) is 0 Å². The number of piperazine rings is 1. The number of carbonyl (C=O) groups is 1. The molecule has 1 amide bonds. The second-order valence-electron chi connectivity index (χ2n) is 7.60. The Morgan fingerprint density at radius 3 is 2.62 bits per heavy atom. The van der Waals surface area contributed by atoms with Crippen molar-refractivity contribution in [3.05, 3.63) is 65.6 Å². The van der Waals surface area contributed by atoms with E-state index in [0.717, 1.165) is 49.2 Å². The van der Waals surface area contributed by atoms with Gasteiger partial charge in [0.1, 0.15) is 5.82 Å². The van der Waals surface area contributed by atoms with Crippen molar-refractivity contribution >= 4 is 16.8 Å². The number of likely N-dealkylation sites (N-methyl/N-ethyl adjacent to an activating group) is 1. The minimum absolute atomic E-state index is 0.0736. The highest BCUT2D eigenvalue weighted by molar-refractivity contribution is 5.97. The molecule has 2 heterocycles. The van der Waals surface area contributed by atoms with E-state index in [2.05, 4.69) is 27.3 Å². The molecule has 1 aliphatic rings. The summed E-state index contributed by atoms with van der Waals surface area (Å²) in [5, 5.41) is 8.42. The number of carbonyl (C=O) groups excluding carboxylic acids is 1. The molecule has 3 aromatic rings. The van der Waals surface area contributed by atoms with Crippen molar-refractivity contribution in [1.82, 2.24) is 24.9 Å². The molecule has 1 aliphatic heterocycles. The fraction of sp³-hybridized carbons (Fsp3) is 0.364. The molecular formula is C22H26FN5O. The topological polar surface area (TPSA) is 53.4 Å². The van der Waals surface area contributed by atoms with Gasteiger partial charge in [0.15, 0.2) is 0 Å². The van der Waals surface area contributed by atoms with Gasteiger partial charge in [0.25, 0.3) is 5.91 Å². The summed E-state index contributed by atoms with van der Waals surface area (Å²) in [5.74, 6) is -0.329. The predicted molar refractivity (Wildman–Crippen MR) is 112 cm³/mol. The van der Waals surface area contributed by atoms with Crippen molar-refractivity contribution in [3.8, 4) is 0 Å². The average Bonchev–Trinajstić information content (AvgIpc) is 3.13. The second-order valence-corrected chi connectivity index (χ2v) is 7.60. The van der Waals surface area contributed by atoms with E-state index in [9.17, 15) is 9.18 Å². The molecule has 0 unspecified atom stereocenters. The summed E-state index contributed by atoms with van der Waals surface area (Å²) in [7, 11) is 2.13. The van der Waals surface area contributed by atoms with E-state index in [4.69, 9.17) is 0 Å². The van der Waals surface area contributed by atoms with Gasteiger partial charge < -0.3 is 10.2 Å². The van der Waals surface area contributed by atoms with Gasteiger partial charge in [-0.25, -0.2) is 4.39 Å². The maximum Gasteiger partial charge on any atom is 0.251 e. The Labute approximate surface area is 169 Å². The predicted octanol–water partition coefficient (Wildman–Crippen LogP) is 2.20. The molecule has 2 aromatic carbocycles. The minimum Gasteiger partial charge on any atom is -0.351 e. The number of nitrogens with zero attached hydrogens (tertiary/aromatic N) is 4. The molecule has 1 saturated heterocycles. The van der Waals surface area contributed by atoms with Crippen molar-refractivity contribution in [1.29, 1.82) is 0 Å². The summed E-state index contributed by atoms with van der Waals surface area (Å²) in [4.78, 5) is 17.3. The third-order valence-corrected chi connectivity index (χ3v) is 5.46. The molecule has 0 bridgehead atoms. The number of halogens is 1. The lowest BCUT2D eigenvalue weighted by atomic mass is 10.1. The second kappa shape index (κ2) is 8.71. The lowest BCUT2D eigenvalue weighted by molar-refractivity contribution is 0.0941. The molecule has 4 rings (SSSR count). The van der Waals surface area contributed by atoms with E-state index >= 15 is 0 Å². The normalized spacial score (nSPS) is 15.7. The van der Waals surface area contributed by atoms with Gasteiger partial charge in [0, 0.05) is 50.2 Å². The van der Waals surface area contributed by atoms with Crippen LogP contribution in [0.2, 0.25) is 0 Å². The Morgan fingerprint density at radius 2 is 1.86 bits per heavy atom. The highest BCUT2D eigenvalue weighted by atomic mass is 19.1. The van der Waals surface area contributed by atoms with Crippen LogP contribution >= 0.6 is 0 Å². The van der Waals surface area contributed by atoms with Crippen LogP contribution in [-0.2, 0) is 6.54 Å². The summed E-state index contributed by atoms with van der Waals surface area (Å²) in [6, 6.07) is 12.0. The zero-order chi connectivity index (χ0) is 20.2. The first-order chi connectivity index (χ1) is 14.1. The molecule has 0 atom stereocenters. The summed E-state index contributed by atoms with van der Waals surface area (Å²) in [6.07, 6.45) is 1.79. The maximum atomic E-state index is 13.1. The average molecular weight is 395 g/mol. The molecule has 152 valence electrons. The van der Waals surface area contributed by atoms with Crippen LogP contribution in [0.15, 0.2) is 48.7 Å². The number of rotatable bonds is 6. The Kier molecular flexibility index (Phi) is 5.87. The molecule has 6 nitrogen and oxygen atoms in total. The number of aromatic nitrogens is 2. The van der Waals surface area contributed by atoms with E-state index in [1.54, 1.807) is 18.3 Å². The van der Waals surface area contributed by atoms with Crippen molar-refractivity contribution in [2.75, 3.05) is 46.3 Å². The van der Waals surface area contributed by atoms with Crippen LogP contribution in [-0.4, -0.2) is 71.8 Å². The highest BCUT2D eigenvalue weighted by Crippen LogP contribution is 2.17. The van der Waals surface area contributed by atoms with Gasteiger partial charge in [-0.1, -0.05) is 18.2 Å². The van der Waals surface area contributed by atoms with Crippen LogP contribution in [0.3, 0.4) is 0 Å². The zero-order valence-corrected chi connectivity index (χ0v) is 16.6. The Hall–Kier alpha value is -2.77. The number of hydrogen-bond donors (Lipinski definition) is 1. The van der Waals surface area contributed by atoms with E-state index in [0.29, 0.717) is 18.7 Å². The lowest BCUT2D eigenvalue weighted by Crippen LogP contribution is -2.46. The van der Waals surface area contributed by atoms with Crippen LogP contribution in [0.25, 0.3) is 10.9 Å². The van der Waals surface area contributed by atoms with Crippen LogP contribution in [0.1, 0.15) is 15.9 Å². The first-order valence-corrected chi connectivity index (χ1v) is 9.97. The fourth-order valence-corrected chi connectivity index (χ4v) is 3.60. The SMILES string of the molecule is CN1CCN(CCNC(=O)c2ccc3cnn(Cc4ccc(F)cc4)c3c2)CC1. The standard InChI is InChI=1S/C22H26FN5O/c1-26-10-12-27(13-11-26)9-8-24-22(29)18-4-5-19-15-25-28(21(19)14-18)16-17-2-6-20(23)7-3-17/h2-7,14-15H,8-13,16H2,1H3,(H,24,29). The van der Waals surface area contributed by atoms with Gasteiger partial charge in [-0.15, -0.1) is 0 Å². The largest absolute Gasteiger partial charge is 0.351 e. The summed E-state index contributed by atoms with van der Waals surface area (Å²) < 4.78 is 15.0. The smallest absolute Gasteiger partial charge is 0.251 e. The Balaban J connectivity index is 1.39. The number of amides is 1. The number of hydrogen-bond acceptors (Lipinski definition) is 4. The Bertz CT molecular complexity index is 977. The first kappa shape index (κ1) is 19.5. The van der Waals surface area contributed by atoms with Crippen molar-refractivity contribution < 1.29 is 9.18 Å². The van der Waals surface area contributed by atoms with Crippen molar-refractivity contribution in [2.24, 2.45) is 0 Å². The minimum atomic E-state index is -0.255. The van der Waals surface area contributed by atoms with E-state index in [-0.39, 0.29) is 11.7 Å². The van der Waals surface area contributed by atoms with E-state index in [1.807, 2.05) is 22.9 Å². The molecule has 0 saturated carbocycles. The zero-order valence-electron chi connectivity index (χ0n) is 16.6. The molecule has 7 heteroatoms. The summed E-state index contributed by atoms with van der Waals surface area (Å²) in [6.45, 7) is 6.26. The first-order valence-electron chi connectivity index (χ1n) is 9.97. The van der Waals surface area contributed by atoms with Gasteiger partial charge in [-0.3, -0.25) is 14.4 Å². The van der Waals surface area contributed by atoms with Crippen LogP contribution in [0.5, 0.6) is 0 Å². The number of nitrogens with one attached hydrogen (secondary N) is 1. The molecule has 1 aromatic heterocycles. The van der Waals surface area contributed by atoms with Gasteiger partial charge in [0.05, 0.1) is 18.3 Å². The highest BCUT2D eigenvalue weighted by Gasteiger charge is 2.14. The van der Waals surface area contributed by atoms with Crippen molar-refractivity contribution in [2.45, 2.75) is 6.54 Å². The van der Waals surface area contributed by atoms with Gasteiger partial charge >= 0.3 is 0 Å². The fourth-order valence-electron chi connectivity index (χ4n) is 3.60. The lowest BCUT2D eigenvalue weighted by Gasteiger charge is -2.32. The summed E-state index contributed by atoms with van der Waals surface area (Å²) >= 11 is 0. The van der Waals surface area contributed by atoms with E-state index in [1.165, 1.54) is 12.1 Å². The molecule has 0 radical (unpaired) electrons. The van der Waals surface area contributed by atoms with Gasteiger partial charge in [-0.2, -0.15) is 5.10 Å². The van der Waals surface area contributed by atoms with Crippen LogP contribution < -0.4 is 5.32 Å². The molecule has 1 fully saturated rings. The quantitative estimate of drug-likeness (QED) is 0.695. The molecule has 0 spiro atoms. The molecular weight excluding hydrogens is 369 g/mol. The third-order valence-electron chi connectivity index (χ3n) is 5.46.